The summed E-state index contributed by atoms with van der Waals surface area (Å²) in [5.74, 6) is -0.837. The number of carboxylic acid groups (broad SMARTS) is 1. The number of hydrogen-bond acceptors (Lipinski definition) is 8. The summed E-state index contributed by atoms with van der Waals surface area (Å²) in [7, 11) is 0. The summed E-state index contributed by atoms with van der Waals surface area (Å²) < 4.78 is 5.48. The van der Waals surface area contributed by atoms with Crippen LogP contribution in [-0.4, -0.2) is 43.6 Å². The van der Waals surface area contributed by atoms with Crippen molar-refractivity contribution in [2.45, 2.75) is 11.7 Å². The topological polar surface area (TPSA) is 126 Å². The molecule has 1 aliphatic heterocycles. The monoisotopic (exact) mass is 371 g/mol. The highest BCUT2D eigenvalue weighted by atomic mass is 32.2. The molecule has 0 radical (unpaired) electrons. The number of rotatable bonds is 6. The molecule has 0 aliphatic carbocycles. The third-order valence-corrected chi connectivity index (χ3v) is 4.20. The predicted molar refractivity (Wildman–Crippen MR) is 95.4 cm³/mol. The number of carbonyl (C=O) groups excluding carboxylic acids is 1. The van der Waals surface area contributed by atoms with Crippen LogP contribution in [0.4, 0.5) is 0 Å². The van der Waals surface area contributed by atoms with Crippen LogP contribution in [0.1, 0.15) is 12.0 Å². The molecule has 1 aliphatic rings. The first-order valence-corrected chi connectivity index (χ1v) is 8.33. The van der Waals surface area contributed by atoms with E-state index in [0.29, 0.717) is 5.75 Å². The smallest absolute Gasteiger partial charge is 0.321 e. The SMILES string of the molecule is O=C(O)CC1SC(=NN=Cc2ccc(Oc3ncccn3)cc2)NC1=O. The number of carboxylic acids is 1. The number of aromatic nitrogens is 2. The second-order valence-corrected chi connectivity index (χ2v) is 6.24. The molecular formula is C16H13N5O4S. The molecule has 1 aromatic carbocycles. The first kappa shape index (κ1) is 17.5. The number of amides is 1. The highest BCUT2D eigenvalue weighted by molar-refractivity contribution is 8.15. The average molecular weight is 371 g/mol. The minimum atomic E-state index is -1.04. The van der Waals surface area contributed by atoms with Gasteiger partial charge in [-0.25, -0.2) is 9.97 Å². The Hall–Kier alpha value is -3.27. The molecule has 0 bridgehead atoms. The van der Waals surface area contributed by atoms with E-state index in [4.69, 9.17) is 9.84 Å². The number of carbonyl (C=O) groups is 2. The van der Waals surface area contributed by atoms with E-state index in [0.717, 1.165) is 17.3 Å². The number of ether oxygens (including phenoxy) is 1. The van der Waals surface area contributed by atoms with Crippen molar-refractivity contribution >= 4 is 35.0 Å². The Morgan fingerprint density at radius 3 is 2.73 bits per heavy atom. The molecular weight excluding hydrogens is 358 g/mol. The van der Waals surface area contributed by atoms with Gasteiger partial charge in [0.25, 0.3) is 0 Å². The predicted octanol–water partition coefficient (Wildman–Crippen LogP) is 1.67. The van der Waals surface area contributed by atoms with Crippen LogP contribution in [0, 0.1) is 0 Å². The lowest BCUT2D eigenvalue weighted by Gasteiger charge is -2.02. The highest BCUT2D eigenvalue weighted by Crippen LogP contribution is 2.22. The van der Waals surface area contributed by atoms with Crippen molar-refractivity contribution in [3.63, 3.8) is 0 Å². The quantitative estimate of drug-likeness (QED) is 0.584. The molecule has 10 heteroatoms. The van der Waals surface area contributed by atoms with Gasteiger partial charge in [-0.1, -0.05) is 11.8 Å². The van der Waals surface area contributed by atoms with E-state index in [1.807, 2.05) is 0 Å². The summed E-state index contributed by atoms with van der Waals surface area (Å²) in [6, 6.07) is 8.97. The second kappa shape index (κ2) is 8.21. The minimum Gasteiger partial charge on any atom is -0.481 e. The Morgan fingerprint density at radius 1 is 1.31 bits per heavy atom. The first-order valence-electron chi connectivity index (χ1n) is 7.45. The summed E-state index contributed by atoms with van der Waals surface area (Å²) in [6.45, 7) is 0. The third kappa shape index (κ3) is 4.86. The van der Waals surface area contributed by atoms with E-state index in [2.05, 4.69) is 25.5 Å². The Labute approximate surface area is 152 Å². The third-order valence-electron chi connectivity index (χ3n) is 3.12. The van der Waals surface area contributed by atoms with Gasteiger partial charge in [-0.3, -0.25) is 9.59 Å². The van der Waals surface area contributed by atoms with Crippen molar-refractivity contribution in [3.8, 4) is 11.8 Å². The summed E-state index contributed by atoms with van der Waals surface area (Å²) >= 11 is 1.05. The van der Waals surface area contributed by atoms with Gasteiger partial charge in [-0.05, 0) is 35.9 Å². The lowest BCUT2D eigenvalue weighted by atomic mass is 10.2. The molecule has 0 saturated carbocycles. The molecule has 1 fully saturated rings. The molecule has 2 N–H and O–H groups in total. The van der Waals surface area contributed by atoms with Crippen LogP contribution >= 0.6 is 11.8 Å². The second-order valence-electron chi connectivity index (χ2n) is 5.05. The molecule has 9 nitrogen and oxygen atoms in total. The van der Waals surface area contributed by atoms with Crippen LogP contribution in [0.25, 0.3) is 0 Å². The van der Waals surface area contributed by atoms with Crippen molar-refractivity contribution in [3.05, 3.63) is 48.3 Å². The number of thioether (sulfide) groups is 1. The number of nitrogens with zero attached hydrogens (tertiary/aromatic N) is 4. The molecule has 1 saturated heterocycles. The molecule has 2 aromatic rings. The van der Waals surface area contributed by atoms with Crippen molar-refractivity contribution in [2.24, 2.45) is 10.2 Å². The fraction of sp³-hybridized carbons (Fsp3) is 0.125. The van der Waals surface area contributed by atoms with Gasteiger partial charge in [0.2, 0.25) is 5.91 Å². The fourth-order valence-electron chi connectivity index (χ4n) is 1.96. The van der Waals surface area contributed by atoms with Gasteiger partial charge < -0.3 is 15.2 Å². The number of aliphatic carboxylic acids is 1. The number of amidine groups is 1. The summed E-state index contributed by atoms with van der Waals surface area (Å²) in [4.78, 5) is 30.2. The molecule has 1 atom stereocenters. The van der Waals surface area contributed by atoms with E-state index < -0.39 is 11.2 Å². The molecule has 1 unspecified atom stereocenters. The molecule has 3 rings (SSSR count). The van der Waals surface area contributed by atoms with Crippen LogP contribution in [0.2, 0.25) is 0 Å². The van der Waals surface area contributed by atoms with Crippen molar-refractivity contribution in [1.29, 1.82) is 0 Å². The maximum atomic E-state index is 11.6. The van der Waals surface area contributed by atoms with E-state index in [-0.39, 0.29) is 23.5 Å². The van der Waals surface area contributed by atoms with Crippen molar-refractivity contribution < 1.29 is 19.4 Å². The van der Waals surface area contributed by atoms with Gasteiger partial charge in [0.1, 0.15) is 11.0 Å². The lowest BCUT2D eigenvalue weighted by Crippen LogP contribution is -2.26. The Balaban J connectivity index is 1.57. The van der Waals surface area contributed by atoms with Gasteiger partial charge in [0.05, 0.1) is 12.6 Å². The van der Waals surface area contributed by atoms with Crippen molar-refractivity contribution in [2.75, 3.05) is 0 Å². The molecule has 2 heterocycles. The van der Waals surface area contributed by atoms with Gasteiger partial charge >= 0.3 is 12.0 Å². The molecule has 1 aromatic heterocycles. The highest BCUT2D eigenvalue weighted by Gasteiger charge is 2.32. The maximum absolute atomic E-state index is 11.6. The molecule has 26 heavy (non-hydrogen) atoms. The van der Waals surface area contributed by atoms with Crippen LogP contribution in [0.3, 0.4) is 0 Å². The zero-order valence-corrected chi connectivity index (χ0v) is 14.1. The Kier molecular flexibility index (Phi) is 5.54. The standard InChI is InChI=1S/C16H13N5O4S/c22-13(23)8-12-14(24)20-16(26-12)21-19-9-10-2-4-11(5-3-10)25-15-17-6-1-7-18-15/h1-7,9,12H,8H2,(H,22,23)(H,20,21,24). The Bertz CT molecular complexity index is 855. The van der Waals surface area contributed by atoms with Crippen molar-refractivity contribution in [1.82, 2.24) is 15.3 Å². The van der Waals surface area contributed by atoms with Crippen LogP contribution in [0.5, 0.6) is 11.8 Å². The summed E-state index contributed by atoms with van der Waals surface area (Å²) in [5, 5.41) is 18.6. The van der Waals surface area contributed by atoms with E-state index in [1.54, 1.807) is 42.7 Å². The van der Waals surface area contributed by atoms with E-state index in [9.17, 15) is 9.59 Å². The van der Waals surface area contributed by atoms with Gasteiger partial charge in [0.15, 0.2) is 5.17 Å². The summed E-state index contributed by atoms with van der Waals surface area (Å²) in [6.07, 6.45) is 4.42. The zero-order chi connectivity index (χ0) is 18.4. The van der Waals surface area contributed by atoms with Gasteiger partial charge in [0, 0.05) is 12.4 Å². The minimum absolute atomic E-state index is 0.255. The van der Waals surface area contributed by atoms with Gasteiger partial charge in [-0.2, -0.15) is 5.10 Å². The number of hydrogen-bond donors (Lipinski definition) is 2. The molecule has 0 spiro atoms. The van der Waals surface area contributed by atoms with E-state index >= 15 is 0 Å². The summed E-state index contributed by atoms with van der Waals surface area (Å²) in [5.41, 5.74) is 0.770. The fourth-order valence-corrected chi connectivity index (χ4v) is 2.87. The number of nitrogens with one attached hydrogen (secondary N) is 1. The van der Waals surface area contributed by atoms with Crippen LogP contribution in [-0.2, 0) is 9.59 Å². The number of benzene rings is 1. The zero-order valence-electron chi connectivity index (χ0n) is 13.3. The largest absolute Gasteiger partial charge is 0.481 e. The van der Waals surface area contributed by atoms with Crippen LogP contribution in [0.15, 0.2) is 52.9 Å². The molecule has 1 amide bonds. The van der Waals surface area contributed by atoms with Crippen LogP contribution < -0.4 is 10.1 Å². The van der Waals surface area contributed by atoms with Gasteiger partial charge in [-0.15, -0.1) is 5.10 Å². The maximum Gasteiger partial charge on any atom is 0.321 e. The lowest BCUT2D eigenvalue weighted by molar-refractivity contribution is -0.138. The Morgan fingerprint density at radius 2 is 2.04 bits per heavy atom. The normalized spacial score (nSPS) is 18.2. The first-order chi connectivity index (χ1) is 12.6. The van der Waals surface area contributed by atoms with E-state index in [1.165, 1.54) is 6.21 Å². The average Bonchev–Trinajstić information content (AvgIpc) is 2.96. The molecule has 132 valence electrons.